The summed E-state index contributed by atoms with van der Waals surface area (Å²) in [7, 11) is 0. The maximum atomic E-state index is 3.79. The van der Waals surface area contributed by atoms with E-state index in [9.17, 15) is 0 Å². The number of hydrogen-bond acceptors (Lipinski definition) is 2. The van der Waals surface area contributed by atoms with Crippen LogP contribution in [0.3, 0.4) is 0 Å². The molecule has 1 aliphatic carbocycles. The highest BCUT2D eigenvalue weighted by atomic mass is 32.1. The highest BCUT2D eigenvalue weighted by Crippen LogP contribution is 2.37. The van der Waals surface area contributed by atoms with Crippen LogP contribution in [-0.2, 0) is 0 Å². The predicted molar refractivity (Wildman–Crippen MR) is 67.3 cm³/mol. The zero-order valence-electron chi connectivity index (χ0n) is 9.70. The van der Waals surface area contributed by atoms with Gasteiger partial charge in [-0.15, -0.1) is 11.3 Å². The summed E-state index contributed by atoms with van der Waals surface area (Å²) in [5.74, 6) is 0.962. The molecule has 0 bridgehead atoms. The Balaban J connectivity index is 1.83. The topological polar surface area (TPSA) is 12.0 Å². The Morgan fingerprint density at radius 3 is 3.00 bits per heavy atom. The van der Waals surface area contributed by atoms with E-state index < -0.39 is 0 Å². The summed E-state index contributed by atoms with van der Waals surface area (Å²) in [5.41, 5.74) is 0. The van der Waals surface area contributed by atoms with Gasteiger partial charge in [-0.3, -0.25) is 0 Å². The molecule has 0 aliphatic heterocycles. The molecule has 1 aromatic heterocycles. The van der Waals surface area contributed by atoms with Gasteiger partial charge in [0, 0.05) is 17.0 Å². The molecule has 0 aromatic carbocycles. The zero-order chi connectivity index (χ0) is 10.7. The second-order valence-electron chi connectivity index (χ2n) is 4.53. The Bertz CT molecular complexity index is 281. The van der Waals surface area contributed by atoms with Crippen molar-refractivity contribution in [2.45, 2.75) is 51.6 Å². The van der Waals surface area contributed by atoms with Gasteiger partial charge in [-0.2, -0.15) is 0 Å². The lowest BCUT2D eigenvalue weighted by Gasteiger charge is -2.15. The molecule has 84 valence electrons. The molecule has 1 aliphatic rings. The first-order valence-electron chi connectivity index (χ1n) is 6.14. The summed E-state index contributed by atoms with van der Waals surface area (Å²) >= 11 is 1.88. The van der Waals surface area contributed by atoms with Crippen molar-refractivity contribution in [3.63, 3.8) is 0 Å². The van der Waals surface area contributed by atoms with Crippen molar-refractivity contribution >= 4 is 11.3 Å². The van der Waals surface area contributed by atoms with E-state index in [-0.39, 0.29) is 0 Å². The van der Waals surface area contributed by atoms with E-state index >= 15 is 0 Å². The average Bonchev–Trinajstić information content (AvgIpc) is 2.78. The molecule has 15 heavy (non-hydrogen) atoms. The lowest BCUT2D eigenvalue weighted by molar-refractivity contribution is 0.495. The van der Waals surface area contributed by atoms with E-state index in [0.29, 0.717) is 6.04 Å². The number of thiophene rings is 1. The molecule has 3 atom stereocenters. The van der Waals surface area contributed by atoms with Gasteiger partial charge in [0.2, 0.25) is 0 Å². The van der Waals surface area contributed by atoms with Crippen molar-refractivity contribution in [2.24, 2.45) is 5.92 Å². The second-order valence-corrected chi connectivity index (χ2v) is 5.51. The van der Waals surface area contributed by atoms with Crippen LogP contribution in [0.4, 0.5) is 0 Å². The first kappa shape index (κ1) is 11.2. The van der Waals surface area contributed by atoms with Crippen LogP contribution in [0.1, 0.15) is 50.4 Å². The van der Waals surface area contributed by atoms with E-state index in [1.54, 1.807) is 0 Å². The van der Waals surface area contributed by atoms with Crippen molar-refractivity contribution < 1.29 is 0 Å². The minimum absolute atomic E-state index is 0.594. The van der Waals surface area contributed by atoms with Crippen LogP contribution in [0.25, 0.3) is 0 Å². The van der Waals surface area contributed by atoms with Crippen molar-refractivity contribution in [3.05, 3.63) is 22.4 Å². The molecule has 0 saturated heterocycles. The fourth-order valence-corrected chi connectivity index (χ4v) is 3.16. The predicted octanol–water partition coefficient (Wildman–Crippen LogP) is 3.98. The molecule has 1 aromatic rings. The Kier molecular flexibility index (Phi) is 3.81. The SMILES string of the molecule is CCCC1CC1NC(CC)c1cccs1. The molecule has 1 saturated carbocycles. The number of rotatable bonds is 6. The molecule has 0 spiro atoms. The Morgan fingerprint density at radius 1 is 1.53 bits per heavy atom. The number of hydrogen-bond donors (Lipinski definition) is 1. The maximum absolute atomic E-state index is 3.79. The first-order chi connectivity index (χ1) is 7.35. The first-order valence-corrected chi connectivity index (χ1v) is 7.02. The van der Waals surface area contributed by atoms with Crippen LogP contribution >= 0.6 is 11.3 Å². The third kappa shape index (κ3) is 2.82. The van der Waals surface area contributed by atoms with Crippen molar-refractivity contribution in [1.29, 1.82) is 0 Å². The maximum Gasteiger partial charge on any atom is 0.0414 e. The largest absolute Gasteiger partial charge is 0.306 e. The monoisotopic (exact) mass is 223 g/mol. The van der Waals surface area contributed by atoms with Gasteiger partial charge in [-0.1, -0.05) is 26.3 Å². The van der Waals surface area contributed by atoms with Gasteiger partial charge >= 0.3 is 0 Å². The van der Waals surface area contributed by atoms with E-state index in [1.807, 2.05) is 11.3 Å². The number of nitrogens with one attached hydrogen (secondary N) is 1. The van der Waals surface area contributed by atoms with Gasteiger partial charge in [-0.05, 0) is 36.6 Å². The summed E-state index contributed by atoms with van der Waals surface area (Å²) in [6.45, 7) is 4.56. The van der Waals surface area contributed by atoms with Crippen LogP contribution in [0, 0.1) is 5.92 Å². The van der Waals surface area contributed by atoms with E-state index in [4.69, 9.17) is 0 Å². The third-order valence-electron chi connectivity index (χ3n) is 3.29. The minimum atomic E-state index is 0.594. The van der Waals surface area contributed by atoms with Crippen LogP contribution in [0.5, 0.6) is 0 Å². The third-order valence-corrected chi connectivity index (χ3v) is 4.28. The van der Waals surface area contributed by atoms with Gasteiger partial charge in [0.15, 0.2) is 0 Å². The molecule has 1 nitrogen and oxygen atoms in total. The van der Waals surface area contributed by atoms with E-state index in [2.05, 4.69) is 36.7 Å². The molecule has 1 heterocycles. The van der Waals surface area contributed by atoms with Crippen LogP contribution in [-0.4, -0.2) is 6.04 Å². The second kappa shape index (κ2) is 5.13. The zero-order valence-corrected chi connectivity index (χ0v) is 10.5. The molecular weight excluding hydrogens is 202 g/mol. The fraction of sp³-hybridized carbons (Fsp3) is 0.692. The molecule has 0 radical (unpaired) electrons. The summed E-state index contributed by atoms with van der Waals surface area (Å²) in [6, 6.07) is 5.80. The molecule has 1 fully saturated rings. The highest BCUT2D eigenvalue weighted by Gasteiger charge is 2.37. The molecule has 0 amide bonds. The molecule has 2 rings (SSSR count). The van der Waals surface area contributed by atoms with Crippen LogP contribution in [0.15, 0.2) is 17.5 Å². The Labute approximate surface area is 96.9 Å². The fourth-order valence-electron chi connectivity index (χ4n) is 2.29. The van der Waals surface area contributed by atoms with Gasteiger partial charge in [0.05, 0.1) is 0 Å². The smallest absolute Gasteiger partial charge is 0.0414 e. The molecule has 2 heteroatoms. The highest BCUT2D eigenvalue weighted by molar-refractivity contribution is 7.10. The van der Waals surface area contributed by atoms with E-state index in [0.717, 1.165) is 12.0 Å². The quantitative estimate of drug-likeness (QED) is 0.769. The Morgan fingerprint density at radius 2 is 2.40 bits per heavy atom. The van der Waals surface area contributed by atoms with Gasteiger partial charge in [-0.25, -0.2) is 0 Å². The van der Waals surface area contributed by atoms with Gasteiger partial charge in [0.1, 0.15) is 0 Å². The molecular formula is C13H21NS. The summed E-state index contributed by atoms with van der Waals surface area (Å²) in [5, 5.41) is 5.97. The standard InChI is InChI=1S/C13H21NS/c1-3-6-10-9-12(10)14-11(4-2)13-7-5-8-15-13/h5,7-8,10-12,14H,3-4,6,9H2,1-2H3. The molecule has 1 N–H and O–H groups in total. The summed E-state index contributed by atoms with van der Waals surface area (Å²) in [4.78, 5) is 1.50. The summed E-state index contributed by atoms with van der Waals surface area (Å²) in [6.07, 6.45) is 5.34. The lowest BCUT2D eigenvalue weighted by atomic mass is 10.1. The van der Waals surface area contributed by atoms with Gasteiger partial charge in [0.25, 0.3) is 0 Å². The van der Waals surface area contributed by atoms with Crippen molar-refractivity contribution in [2.75, 3.05) is 0 Å². The van der Waals surface area contributed by atoms with E-state index in [1.165, 1.54) is 30.6 Å². The average molecular weight is 223 g/mol. The Hall–Kier alpha value is -0.340. The van der Waals surface area contributed by atoms with Crippen LogP contribution in [0.2, 0.25) is 0 Å². The van der Waals surface area contributed by atoms with Crippen molar-refractivity contribution in [1.82, 2.24) is 5.32 Å². The molecule has 3 unspecified atom stereocenters. The summed E-state index contributed by atoms with van der Waals surface area (Å²) < 4.78 is 0. The normalized spacial score (nSPS) is 26.5. The van der Waals surface area contributed by atoms with Crippen molar-refractivity contribution in [3.8, 4) is 0 Å². The van der Waals surface area contributed by atoms with Crippen LogP contribution < -0.4 is 5.32 Å². The lowest BCUT2D eigenvalue weighted by Crippen LogP contribution is -2.23. The van der Waals surface area contributed by atoms with Gasteiger partial charge < -0.3 is 5.32 Å². The minimum Gasteiger partial charge on any atom is -0.306 e.